The molecule has 1 aromatic heterocycles. The highest BCUT2D eigenvalue weighted by atomic mass is 16.3. The molecule has 0 saturated carbocycles. The van der Waals surface area contributed by atoms with Crippen LogP contribution in [0.25, 0.3) is 0 Å². The SMILES string of the molecule is Cc1nnc(CN2CCC[C@H](O)C2)n1C. The number of nitrogens with zero attached hydrogens (tertiary/aromatic N) is 4. The number of aromatic nitrogens is 3. The number of aliphatic hydroxyl groups excluding tert-OH is 1. The number of β-amino-alcohol motifs (C(OH)–C–C–N with tert-alkyl or cyclic N) is 1. The molecule has 1 fully saturated rings. The van der Waals surface area contributed by atoms with Crippen LogP contribution in [-0.2, 0) is 13.6 Å². The second-order valence-corrected chi connectivity index (χ2v) is 4.25. The van der Waals surface area contributed by atoms with Crippen LogP contribution >= 0.6 is 0 Å². The predicted molar refractivity (Wildman–Crippen MR) is 56.3 cm³/mol. The summed E-state index contributed by atoms with van der Waals surface area (Å²) in [4.78, 5) is 2.23. The lowest BCUT2D eigenvalue weighted by molar-refractivity contribution is 0.0650. The highest BCUT2D eigenvalue weighted by Gasteiger charge is 2.19. The molecular weight excluding hydrogens is 192 g/mol. The molecule has 1 aliphatic rings. The molecule has 5 nitrogen and oxygen atoms in total. The van der Waals surface area contributed by atoms with E-state index in [1.54, 1.807) is 0 Å². The van der Waals surface area contributed by atoms with Gasteiger partial charge in [-0.25, -0.2) is 0 Å². The van der Waals surface area contributed by atoms with E-state index in [-0.39, 0.29) is 6.10 Å². The van der Waals surface area contributed by atoms with Crippen LogP contribution in [0.3, 0.4) is 0 Å². The van der Waals surface area contributed by atoms with E-state index in [1.807, 2.05) is 18.5 Å². The number of aryl methyl sites for hydroxylation is 1. The third kappa shape index (κ3) is 2.35. The maximum atomic E-state index is 9.55. The first-order valence-corrected chi connectivity index (χ1v) is 5.42. The van der Waals surface area contributed by atoms with Gasteiger partial charge in [0.05, 0.1) is 12.6 Å². The van der Waals surface area contributed by atoms with E-state index in [2.05, 4.69) is 15.1 Å². The van der Waals surface area contributed by atoms with Gasteiger partial charge < -0.3 is 9.67 Å². The third-order valence-corrected chi connectivity index (χ3v) is 3.03. The van der Waals surface area contributed by atoms with Crippen molar-refractivity contribution in [1.29, 1.82) is 0 Å². The molecule has 0 spiro atoms. The molecule has 84 valence electrons. The summed E-state index contributed by atoms with van der Waals surface area (Å²) >= 11 is 0. The van der Waals surface area contributed by atoms with E-state index < -0.39 is 0 Å². The number of hydrogen-bond acceptors (Lipinski definition) is 4. The van der Waals surface area contributed by atoms with Gasteiger partial charge in [-0.1, -0.05) is 0 Å². The summed E-state index contributed by atoms with van der Waals surface area (Å²) in [6, 6.07) is 0. The van der Waals surface area contributed by atoms with Crippen molar-refractivity contribution in [2.24, 2.45) is 7.05 Å². The molecular formula is C10H18N4O. The first-order valence-electron chi connectivity index (χ1n) is 5.42. The summed E-state index contributed by atoms with van der Waals surface area (Å²) in [6.07, 6.45) is 1.82. The Kier molecular flexibility index (Phi) is 3.02. The average molecular weight is 210 g/mol. The zero-order chi connectivity index (χ0) is 10.8. The Labute approximate surface area is 89.7 Å². The minimum absolute atomic E-state index is 0.173. The van der Waals surface area contributed by atoms with E-state index in [0.29, 0.717) is 0 Å². The molecule has 0 aliphatic carbocycles. The average Bonchev–Trinajstić information content (AvgIpc) is 2.50. The molecule has 1 aromatic rings. The summed E-state index contributed by atoms with van der Waals surface area (Å²) in [5.41, 5.74) is 0. The number of likely N-dealkylation sites (tertiary alicyclic amines) is 1. The highest BCUT2D eigenvalue weighted by Crippen LogP contribution is 2.12. The van der Waals surface area contributed by atoms with Crippen molar-refractivity contribution in [3.05, 3.63) is 11.6 Å². The van der Waals surface area contributed by atoms with Gasteiger partial charge in [0.15, 0.2) is 0 Å². The quantitative estimate of drug-likeness (QED) is 0.751. The monoisotopic (exact) mass is 210 g/mol. The fourth-order valence-electron chi connectivity index (χ4n) is 1.96. The zero-order valence-corrected chi connectivity index (χ0v) is 9.35. The first kappa shape index (κ1) is 10.6. The minimum Gasteiger partial charge on any atom is -0.392 e. The molecule has 0 aromatic carbocycles. The highest BCUT2D eigenvalue weighted by molar-refractivity contribution is 4.93. The number of piperidine rings is 1. The fourth-order valence-corrected chi connectivity index (χ4v) is 1.96. The van der Waals surface area contributed by atoms with Crippen molar-refractivity contribution in [2.75, 3.05) is 13.1 Å². The second kappa shape index (κ2) is 4.28. The number of aliphatic hydroxyl groups is 1. The van der Waals surface area contributed by atoms with Crippen LogP contribution in [-0.4, -0.2) is 44.0 Å². The topological polar surface area (TPSA) is 54.2 Å². The number of hydrogen-bond donors (Lipinski definition) is 1. The summed E-state index contributed by atoms with van der Waals surface area (Å²) in [5.74, 6) is 1.91. The molecule has 2 heterocycles. The molecule has 1 atom stereocenters. The summed E-state index contributed by atoms with van der Waals surface area (Å²) in [5, 5.41) is 17.7. The molecule has 1 saturated heterocycles. The standard InChI is InChI=1S/C10H18N4O/c1-8-11-12-10(13(8)2)7-14-5-3-4-9(15)6-14/h9,15H,3-7H2,1-2H3/t9-/m0/s1. The van der Waals surface area contributed by atoms with Crippen molar-refractivity contribution >= 4 is 0 Å². The summed E-state index contributed by atoms with van der Waals surface area (Å²) in [6.45, 7) is 4.53. The molecule has 0 unspecified atom stereocenters. The van der Waals surface area contributed by atoms with Crippen molar-refractivity contribution in [3.8, 4) is 0 Å². The first-order chi connectivity index (χ1) is 7.16. The maximum absolute atomic E-state index is 9.55. The fraction of sp³-hybridized carbons (Fsp3) is 0.800. The van der Waals surface area contributed by atoms with Gasteiger partial charge in [0.1, 0.15) is 11.6 Å². The lowest BCUT2D eigenvalue weighted by Crippen LogP contribution is -2.38. The van der Waals surface area contributed by atoms with E-state index in [4.69, 9.17) is 0 Å². The van der Waals surface area contributed by atoms with Crippen molar-refractivity contribution in [3.63, 3.8) is 0 Å². The lowest BCUT2D eigenvalue weighted by Gasteiger charge is -2.29. The zero-order valence-electron chi connectivity index (χ0n) is 9.35. The van der Waals surface area contributed by atoms with Gasteiger partial charge in [-0.2, -0.15) is 0 Å². The Morgan fingerprint density at radius 1 is 1.47 bits per heavy atom. The molecule has 0 radical (unpaired) electrons. The van der Waals surface area contributed by atoms with Crippen molar-refractivity contribution in [1.82, 2.24) is 19.7 Å². The van der Waals surface area contributed by atoms with E-state index in [9.17, 15) is 5.11 Å². The van der Waals surface area contributed by atoms with Crippen LogP contribution in [0.4, 0.5) is 0 Å². The second-order valence-electron chi connectivity index (χ2n) is 4.25. The van der Waals surface area contributed by atoms with Crippen LogP contribution in [0, 0.1) is 6.92 Å². The van der Waals surface area contributed by atoms with Gasteiger partial charge >= 0.3 is 0 Å². The van der Waals surface area contributed by atoms with Crippen molar-refractivity contribution in [2.45, 2.75) is 32.4 Å². The van der Waals surface area contributed by atoms with Crippen molar-refractivity contribution < 1.29 is 5.11 Å². The van der Waals surface area contributed by atoms with Crippen LogP contribution < -0.4 is 0 Å². The van der Waals surface area contributed by atoms with Crippen LogP contribution in [0.1, 0.15) is 24.5 Å². The molecule has 2 rings (SSSR count). The summed E-state index contributed by atoms with van der Waals surface area (Å²) < 4.78 is 2.00. The smallest absolute Gasteiger partial charge is 0.146 e. The Morgan fingerprint density at radius 3 is 2.87 bits per heavy atom. The lowest BCUT2D eigenvalue weighted by atomic mass is 10.1. The molecule has 0 amide bonds. The maximum Gasteiger partial charge on any atom is 0.146 e. The molecule has 0 bridgehead atoms. The van der Waals surface area contributed by atoms with Crippen LogP contribution in [0.2, 0.25) is 0 Å². The normalized spacial score (nSPS) is 23.3. The van der Waals surface area contributed by atoms with Gasteiger partial charge in [0.2, 0.25) is 0 Å². The van der Waals surface area contributed by atoms with Gasteiger partial charge in [-0.05, 0) is 26.3 Å². The van der Waals surface area contributed by atoms with Gasteiger partial charge in [0, 0.05) is 13.6 Å². The molecule has 15 heavy (non-hydrogen) atoms. The third-order valence-electron chi connectivity index (χ3n) is 3.03. The Balaban J connectivity index is 1.99. The Hall–Kier alpha value is -0.940. The predicted octanol–water partition coefficient (Wildman–Crippen LogP) is 0.0802. The Bertz CT molecular complexity index is 336. The summed E-state index contributed by atoms with van der Waals surface area (Å²) in [7, 11) is 1.98. The van der Waals surface area contributed by atoms with Gasteiger partial charge in [0.25, 0.3) is 0 Å². The van der Waals surface area contributed by atoms with E-state index >= 15 is 0 Å². The van der Waals surface area contributed by atoms with Crippen LogP contribution in [0.5, 0.6) is 0 Å². The number of rotatable bonds is 2. The minimum atomic E-state index is -0.173. The molecule has 1 aliphatic heterocycles. The largest absolute Gasteiger partial charge is 0.392 e. The Morgan fingerprint density at radius 2 is 2.27 bits per heavy atom. The van der Waals surface area contributed by atoms with E-state index in [1.165, 1.54) is 0 Å². The molecule has 1 N–H and O–H groups in total. The molecule has 5 heteroatoms. The van der Waals surface area contributed by atoms with Crippen LogP contribution in [0.15, 0.2) is 0 Å². The van der Waals surface area contributed by atoms with E-state index in [0.717, 1.165) is 44.1 Å². The van der Waals surface area contributed by atoms with Gasteiger partial charge in [-0.3, -0.25) is 4.90 Å². The van der Waals surface area contributed by atoms with Gasteiger partial charge in [-0.15, -0.1) is 10.2 Å².